The fourth-order valence-corrected chi connectivity index (χ4v) is 4.75. The van der Waals surface area contributed by atoms with Crippen LogP contribution in [0.3, 0.4) is 0 Å². The van der Waals surface area contributed by atoms with E-state index in [4.69, 9.17) is 4.74 Å². The van der Waals surface area contributed by atoms with Gasteiger partial charge in [-0.2, -0.15) is 0 Å². The zero-order valence-electron chi connectivity index (χ0n) is 16.4. The van der Waals surface area contributed by atoms with Gasteiger partial charge in [-0.15, -0.1) is 0 Å². The minimum absolute atomic E-state index is 0.126. The average molecular weight is 350 g/mol. The SMILES string of the molecule is CC1(C)CC(=O)c2c(C[Si](C)(C)C)cn(C(=O)OC(C)(C)C)c2C1. The Kier molecular flexibility index (Phi) is 4.64. The first kappa shape index (κ1) is 19.0. The number of fused-ring (bicyclic) bond motifs is 1. The number of rotatable bonds is 2. The van der Waals surface area contributed by atoms with E-state index in [0.717, 1.165) is 29.3 Å². The van der Waals surface area contributed by atoms with Crippen LogP contribution in [-0.4, -0.2) is 30.1 Å². The third kappa shape index (κ3) is 4.38. The maximum atomic E-state index is 12.8. The first-order valence-electron chi connectivity index (χ1n) is 8.68. The van der Waals surface area contributed by atoms with Gasteiger partial charge in [0, 0.05) is 31.9 Å². The molecule has 1 aliphatic carbocycles. The highest BCUT2D eigenvalue weighted by molar-refractivity contribution is 6.75. The molecule has 134 valence electrons. The van der Waals surface area contributed by atoms with E-state index in [-0.39, 0.29) is 17.3 Å². The summed E-state index contributed by atoms with van der Waals surface area (Å²) in [5, 5.41) is 0. The summed E-state index contributed by atoms with van der Waals surface area (Å²) in [6.45, 7) is 16.6. The Balaban J connectivity index is 2.54. The Bertz CT molecular complexity index is 672. The summed E-state index contributed by atoms with van der Waals surface area (Å²) in [4.78, 5) is 25.4. The first-order chi connectivity index (χ1) is 10.7. The summed E-state index contributed by atoms with van der Waals surface area (Å²) in [5.41, 5.74) is 1.96. The van der Waals surface area contributed by atoms with E-state index in [2.05, 4.69) is 33.5 Å². The molecule has 1 heterocycles. The molecule has 0 radical (unpaired) electrons. The van der Waals surface area contributed by atoms with Crippen molar-refractivity contribution >= 4 is 20.0 Å². The molecule has 1 aromatic rings. The Morgan fingerprint density at radius 1 is 1.25 bits per heavy atom. The van der Waals surface area contributed by atoms with Gasteiger partial charge in [0.25, 0.3) is 0 Å². The van der Waals surface area contributed by atoms with Crippen LogP contribution in [0.25, 0.3) is 0 Å². The summed E-state index contributed by atoms with van der Waals surface area (Å²) in [5.74, 6) is 0.164. The van der Waals surface area contributed by atoms with Gasteiger partial charge in [-0.1, -0.05) is 33.5 Å². The third-order valence-electron chi connectivity index (χ3n) is 4.06. The predicted molar refractivity (Wildman–Crippen MR) is 99.5 cm³/mol. The molecule has 0 saturated heterocycles. The van der Waals surface area contributed by atoms with Crippen LogP contribution in [0.15, 0.2) is 6.20 Å². The van der Waals surface area contributed by atoms with Crippen molar-refractivity contribution in [3.8, 4) is 0 Å². The van der Waals surface area contributed by atoms with Crippen LogP contribution < -0.4 is 0 Å². The standard InChI is InChI=1S/C19H31NO3Si/c1-18(2,3)23-17(22)20-11-13(12-24(6,7)8)16-14(20)9-19(4,5)10-15(16)21/h11H,9-10,12H2,1-8H3. The predicted octanol–water partition coefficient (Wildman–Crippen LogP) is 4.85. The van der Waals surface area contributed by atoms with Crippen LogP contribution in [0.5, 0.6) is 0 Å². The highest BCUT2D eigenvalue weighted by Gasteiger charge is 2.37. The maximum Gasteiger partial charge on any atom is 0.418 e. The second-order valence-corrected chi connectivity index (χ2v) is 15.5. The van der Waals surface area contributed by atoms with E-state index in [9.17, 15) is 9.59 Å². The first-order valence-corrected chi connectivity index (χ1v) is 12.4. The highest BCUT2D eigenvalue weighted by Crippen LogP contribution is 2.38. The molecule has 1 aromatic heterocycles. The number of ether oxygens (including phenoxy) is 1. The molecule has 0 fully saturated rings. The van der Waals surface area contributed by atoms with Crippen molar-refractivity contribution in [2.75, 3.05) is 0 Å². The fourth-order valence-electron chi connectivity index (χ4n) is 3.34. The fraction of sp³-hybridized carbons (Fsp3) is 0.684. The monoisotopic (exact) mass is 349 g/mol. The van der Waals surface area contributed by atoms with Crippen LogP contribution in [0.2, 0.25) is 19.6 Å². The molecule has 0 bridgehead atoms. The number of ketones is 1. The molecule has 0 atom stereocenters. The van der Waals surface area contributed by atoms with E-state index < -0.39 is 13.7 Å². The van der Waals surface area contributed by atoms with Crippen molar-refractivity contribution < 1.29 is 14.3 Å². The Hall–Kier alpha value is -1.36. The van der Waals surface area contributed by atoms with Crippen LogP contribution >= 0.6 is 0 Å². The molecule has 0 saturated carbocycles. The third-order valence-corrected chi connectivity index (χ3v) is 5.50. The molecule has 0 N–H and O–H groups in total. The van der Waals surface area contributed by atoms with Gasteiger partial charge in [-0.3, -0.25) is 9.36 Å². The molecule has 2 rings (SSSR count). The zero-order valence-corrected chi connectivity index (χ0v) is 17.4. The summed E-state index contributed by atoms with van der Waals surface area (Å²) < 4.78 is 7.15. The molecule has 0 aliphatic heterocycles. The number of hydrogen-bond acceptors (Lipinski definition) is 3. The smallest absolute Gasteiger partial charge is 0.418 e. The summed E-state index contributed by atoms with van der Waals surface area (Å²) in [6.07, 6.45) is 2.73. The number of nitrogens with zero attached hydrogens (tertiary/aromatic N) is 1. The molecular formula is C19H31NO3Si. The summed E-state index contributed by atoms with van der Waals surface area (Å²) >= 11 is 0. The van der Waals surface area contributed by atoms with Crippen molar-refractivity contribution in [3.63, 3.8) is 0 Å². The lowest BCUT2D eigenvalue weighted by atomic mass is 9.75. The van der Waals surface area contributed by atoms with Gasteiger partial charge < -0.3 is 4.74 Å². The van der Waals surface area contributed by atoms with E-state index in [1.165, 1.54) is 0 Å². The van der Waals surface area contributed by atoms with Gasteiger partial charge in [-0.25, -0.2) is 4.79 Å². The van der Waals surface area contributed by atoms with Crippen molar-refractivity contribution in [2.24, 2.45) is 5.41 Å². The largest absolute Gasteiger partial charge is 0.443 e. The lowest BCUT2D eigenvalue weighted by Crippen LogP contribution is -2.32. The molecule has 1 aliphatic rings. The van der Waals surface area contributed by atoms with Gasteiger partial charge in [0.1, 0.15) is 5.60 Å². The molecule has 0 amide bonds. The quantitative estimate of drug-likeness (QED) is 0.717. The minimum Gasteiger partial charge on any atom is -0.443 e. The second-order valence-electron chi connectivity index (χ2n) is 10.0. The van der Waals surface area contributed by atoms with Crippen LogP contribution in [0.1, 0.15) is 62.7 Å². The van der Waals surface area contributed by atoms with Crippen molar-refractivity contribution in [1.82, 2.24) is 4.57 Å². The Labute approximate surface area is 146 Å². The van der Waals surface area contributed by atoms with E-state index in [1.54, 1.807) is 4.57 Å². The summed E-state index contributed by atoms with van der Waals surface area (Å²) in [6, 6.07) is 0.900. The minimum atomic E-state index is -1.41. The summed E-state index contributed by atoms with van der Waals surface area (Å²) in [7, 11) is -1.41. The lowest BCUT2D eigenvalue weighted by Gasteiger charge is -2.30. The van der Waals surface area contributed by atoms with Gasteiger partial charge in [0.15, 0.2) is 5.78 Å². The Morgan fingerprint density at radius 3 is 2.33 bits per heavy atom. The average Bonchev–Trinajstić information content (AvgIpc) is 2.61. The number of Topliss-reactive ketones (excluding diaryl/α,β-unsaturated/α-hetero) is 1. The zero-order chi connectivity index (χ0) is 18.5. The van der Waals surface area contributed by atoms with Crippen molar-refractivity contribution in [3.05, 3.63) is 23.0 Å². The molecule has 5 heteroatoms. The molecule has 0 unspecified atom stereocenters. The molecular weight excluding hydrogens is 318 g/mol. The van der Waals surface area contributed by atoms with Gasteiger partial charge >= 0.3 is 6.09 Å². The number of aromatic nitrogens is 1. The van der Waals surface area contributed by atoms with Crippen molar-refractivity contribution in [1.29, 1.82) is 0 Å². The Morgan fingerprint density at radius 2 is 1.83 bits per heavy atom. The van der Waals surface area contributed by atoms with E-state index in [1.807, 2.05) is 27.0 Å². The van der Waals surface area contributed by atoms with Gasteiger partial charge in [0.2, 0.25) is 0 Å². The number of carbonyl (C=O) groups is 2. The molecule has 0 aromatic carbocycles. The topological polar surface area (TPSA) is 48.3 Å². The highest BCUT2D eigenvalue weighted by atomic mass is 28.3. The number of hydrogen-bond donors (Lipinski definition) is 0. The second kappa shape index (κ2) is 5.87. The molecule has 0 spiro atoms. The van der Waals surface area contributed by atoms with Crippen LogP contribution in [-0.2, 0) is 17.2 Å². The van der Waals surface area contributed by atoms with E-state index in [0.29, 0.717) is 6.42 Å². The molecule has 4 nitrogen and oxygen atoms in total. The van der Waals surface area contributed by atoms with Gasteiger partial charge in [-0.05, 0) is 44.2 Å². The van der Waals surface area contributed by atoms with Crippen LogP contribution in [0.4, 0.5) is 4.79 Å². The number of carbonyl (C=O) groups excluding carboxylic acids is 2. The normalized spacial score (nSPS) is 17.6. The van der Waals surface area contributed by atoms with E-state index >= 15 is 0 Å². The lowest BCUT2D eigenvalue weighted by molar-refractivity contribution is 0.0529. The van der Waals surface area contributed by atoms with Crippen LogP contribution in [0, 0.1) is 5.41 Å². The van der Waals surface area contributed by atoms with Crippen molar-refractivity contribution in [2.45, 2.75) is 78.7 Å². The van der Waals surface area contributed by atoms with Gasteiger partial charge in [0.05, 0.1) is 0 Å². The molecule has 24 heavy (non-hydrogen) atoms. The maximum absolute atomic E-state index is 12.8.